The minimum Gasteiger partial charge on any atom is -0.461 e. The molecule has 0 radical (unpaired) electrons. The lowest BCUT2D eigenvalue weighted by Gasteiger charge is -2.17. The summed E-state index contributed by atoms with van der Waals surface area (Å²) in [4.78, 5) is 11.9. The Balaban J connectivity index is 1.76. The number of hydrogen-bond donors (Lipinski definition) is 1. The van der Waals surface area contributed by atoms with Gasteiger partial charge in [-0.1, -0.05) is 12.1 Å². The molecule has 0 spiro atoms. The third-order valence-corrected chi connectivity index (χ3v) is 4.11. The summed E-state index contributed by atoms with van der Waals surface area (Å²) in [6, 6.07) is 8.01. The van der Waals surface area contributed by atoms with E-state index in [0.29, 0.717) is 6.54 Å². The SMILES string of the molecule is C[C@H](NCc1cccc(I)c1)C(=O)OC1CCCC1. The molecule has 1 aromatic rings. The van der Waals surface area contributed by atoms with Gasteiger partial charge in [0.1, 0.15) is 12.1 Å². The molecule has 0 unspecified atom stereocenters. The molecule has 1 atom stereocenters. The Morgan fingerprint density at radius 3 is 2.89 bits per heavy atom. The lowest BCUT2D eigenvalue weighted by Crippen LogP contribution is -2.36. The average molecular weight is 373 g/mol. The number of nitrogens with one attached hydrogen (secondary N) is 1. The largest absolute Gasteiger partial charge is 0.461 e. The van der Waals surface area contributed by atoms with Crippen LogP contribution in [0.4, 0.5) is 0 Å². The van der Waals surface area contributed by atoms with Crippen molar-refractivity contribution in [3.63, 3.8) is 0 Å². The highest BCUT2D eigenvalue weighted by Crippen LogP contribution is 2.21. The molecule has 3 nitrogen and oxygen atoms in total. The van der Waals surface area contributed by atoms with Gasteiger partial charge in [0.25, 0.3) is 0 Å². The van der Waals surface area contributed by atoms with Crippen LogP contribution in [0.25, 0.3) is 0 Å². The topological polar surface area (TPSA) is 38.3 Å². The van der Waals surface area contributed by atoms with Gasteiger partial charge in [-0.15, -0.1) is 0 Å². The molecule has 1 aliphatic carbocycles. The third kappa shape index (κ3) is 4.76. The second kappa shape index (κ2) is 7.24. The molecule has 0 heterocycles. The van der Waals surface area contributed by atoms with E-state index in [1.165, 1.54) is 22.0 Å². The number of carbonyl (C=O) groups is 1. The van der Waals surface area contributed by atoms with E-state index in [1.807, 2.05) is 13.0 Å². The van der Waals surface area contributed by atoms with Crippen molar-refractivity contribution in [3.8, 4) is 0 Å². The molecule has 1 fully saturated rings. The maximum absolute atomic E-state index is 11.9. The molecule has 1 N–H and O–H groups in total. The molecule has 0 saturated heterocycles. The molecule has 19 heavy (non-hydrogen) atoms. The minimum atomic E-state index is -0.251. The van der Waals surface area contributed by atoms with Gasteiger partial charge < -0.3 is 10.1 Å². The molecule has 0 aliphatic heterocycles. The monoisotopic (exact) mass is 373 g/mol. The fourth-order valence-corrected chi connectivity index (χ4v) is 2.88. The van der Waals surface area contributed by atoms with Crippen molar-refractivity contribution in [2.24, 2.45) is 0 Å². The summed E-state index contributed by atoms with van der Waals surface area (Å²) in [6.07, 6.45) is 4.56. The van der Waals surface area contributed by atoms with Crippen molar-refractivity contribution in [2.45, 2.75) is 51.3 Å². The van der Waals surface area contributed by atoms with Crippen LogP contribution in [0.1, 0.15) is 38.2 Å². The van der Waals surface area contributed by atoms with Crippen molar-refractivity contribution in [3.05, 3.63) is 33.4 Å². The number of hydrogen-bond acceptors (Lipinski definition) is 3. The summed E-state index contributed by atoms with van der Waals surface area (Å²) in [5.74, 6) is -0.127. The maximum Gasteiger partial charge on any atom is 0.323 e. The summed E-state index contributed by atoms with van der Waals surface area (Å²) < 4.78 is 6.69. The normalized spacial score (nSPS) is 17.4. The Kier molecular flexibility index (Phi) is 5.63. The van der Waals surface area contributed by atoms with Crippen molar-refractivity contribution < 1.29 is 9.53 Å². The van der Waals surface area contributed by atoms with Gasteiger partial charge in [-0.25, -0.2) is 0 Å². The lowest BCUT2D eigenvalue weighted by molar-refractivity contribution is -0.150. The van der Waals surface area contributed by atoms with E-state index in [1.54, 1.807) is 0 Å². The molecular formula is C15H20INO2. The Morgan fingerprint density at radius 2 is 2.21 bits per heavy atom. The summed E-state index contributed by atoms with van der Waals surface area (Å²) in [6.45, 7) is 2.56. The first kappa shape index (κ1) is 14.8. The molecule has 1 aromatic carbocycles. The van der Waals surface area contributed by atoms with E-state index >= 15 is 0 Å². The summed E-state index contributed by atoms with van der Waals surface area (Å²) >= 11 is 2.29. The number of rotatable bonds is 5. The zero-order chi connectivity index (χ0) is 13.7. The van der Waals surface area contributed by atoms with Crippen molar-refractivity contribution >= 4 is 28.6 Å². The van der Waals surface area contributed by atoms with Gasteiger partial charge in [0.15, 0.2) is 0 Å². The smallest absolute Gasteiger partial charge is 0.323 e. The zero-order valence-electron chi connectivity index (χ0n) is 11.2. The van der Waals surface area contributed by atoms with Crippen LogP contribution in [-0.2, 0) is 16.1 Å². The highest BCUT2D eigenvalue weighted by Gasteiger charge is 2.22. The molecule has 0 amide bonds. The van der Waals surface area contributed by atoms with Gasteiger partial charge in [-0.2, -0.15) is 0 Å². The van der Waals surface area contributed by atoms with Crippen LogP contribution < -0.4 is 5.32 Å². The number of esters is 1. The predicted octanol–water partition coefficient (Wildman–Crippen LogP) is 3.26. The first-order valence-electron chi connectivity index (χ1n) is 6.83. The van der Waals surface area contributed by atoms with Crippen LogP contribution in [0.15, 0.2) is 24.3 Å². The molecule has 2 rings (SSSR count). The highest BCUT2D eigenvalue weighted by molar-refractivity contribution is 14.1. The first-order chi connectivity index (χ1) is 9.15. The molecule has 1 saturated carbocycles. The molecule has 1 aliphatic rings. The third-order valence-electron chi connectivity index (χ3n) is 3.44. The summed E-state index contributed by atoms with van der Waals surface area (Å²) in [5.41, 5.74) is 1.19. The molecule has 4 heteroatoms. The average Bonchev–Trinajstić information content (AvgIpc) is 2.89. The molecule has 0 aromatic heterocycles. The van der Waals surface area contributed by atoms with Gasteiger partial charge in [0.2, 0.25) is 0 Å². The Morgan fingerprint density at radius 1 is 1.47 bits per heavy atom. The number of halogens is 1. The van der Waals surface area contributed by atoms with Gasteiger partial charge in [0.05, 0.1) is 0 Å². The van der Waals surface area contributed by atoms with Crippen LogP contribution >= 0.6 is 22.6 Å². The number of ether oxygens (including phenoxy) is 1. The number of carbonyl (C=O) groups excluding carboxylic acids is 1. The fourth-order valence-electron chi connectivity index (χ4n) is 2.27. The lowest BCUT2D eigenvalue weighted by atomic mass is 10.2. The maximum atomic E-state index is 11.9. The van der Waals surface area contributed by atoms with Crippen LogP contribution in [0, 0.1) is 3.57 Å². The highest BCUT2D eigenvalue weighted by atomic mass is 127. The standard InChI is InChI=1S/C15H20INO2/c1-11(15(18)19-14-7-2-3-8-14)17-10-12-5-4-6-13(16)9-12/h4-6,9,11,14,17H,2-3,7-8,10H2,1H3/t11-/m0/s1. The van der Waals surface area contributed by atoms with E-state index in [9.17, 15) is 4.79 Å². The van der Waals surface area contributed by atoms with Gasteiger partial charge in [-0.05, 0) is 72.9 Å². The van der Waals surface area contributed by atoms with Crippen molar-refractivity contribution in [1.82, 2.24) is 5.32 Å². The van der Waals surface area contributed by atoms with E-state index in [0.717, 1.165) is 12.8 Å². The van der Waals surface area contributed by atoms with E-state index < -0.39 is 0 Å². The van der Waals surface area contributed by atoms with Gasteiger partial charge in [0, 0.05) is 10.1 Å². The van der Waals surface area contributed by atoms with Crippen molar-refractivity contribution in [2.75, 3.05) is 0 Å². The molecule has 104 valence electrons. The number of benzene rings is 1. The fraction of sp³-hybridized carbons (Fsp3) is 0.533. The Hall–Kier alpha value is -0.620. The summed E-state index contributed by atoms with van der Waals surface area (Å²) in [7, 11) is 0. The Labute approximate surface area is 128 Å². The first-order valence-corrected chi connectivity index (χ1v) is 7.91. The van der Waals surface area contributed by atoms with Crippen LogP contribution in [0.3, 0.4) is 0 Å². The van der Waals surface area contributed by atoms with E-state index in [-0.39, 0.29) is 18.1 Å². The quantitative estimate of drug-likeness (QED) is 0.636. The van der Waals surface area contributed by atoms with Crippen LogP contribution in [0.5, 0.6) is 0 Å². The van der Waals surface area contributed by atoms with Crippen molar-refractivity contribution in [1.29, 1.82) is 0 Å². The summed E-state index contributed by atoms with van der Waals surface area (Å²) in [5, 5.41) is 3.22. The second-order valence-corrected chi connectivity index (χ2v) is 6.32. The second-order valence-electron chi connectivity index (χ2n) is 5.08. The predicted molar refractivity (Wildman–Crippen MR) is 83.8 cm³/mol. The van der Waals surface area contributed by atoms with Gasteiger partial charge >= 0.3 is 5.97 Å². The molecular weight excluding hydrogens is 353 g/mol. The van der Waals surface area contributed by atoms with Gasteiger partial charge in [-0.3, -0.25) is 4.79 Å². The minimum absolute atomic E-state index is 0.127. The van der Waals surface area contributed by atoms with Crippen LogP contribution in [-0.4, -0.2) is 18.1 Å². The zero-order valence-corrected chi connectivity index (χ0v) is 13.4. The Bertz CT molecular complexity index is 430. The van der Waals surface area contributed by atoms with E-state index in [2.05, 4.69) is 46.1 Å². The van der Waals surface area contributed by atoms with Crippen LogP contribution in [0.2, 0.25) is 0 Å². The molecule has 0 bridgehead atoms. The van der Waals surface area contributed by atoms with E-state index in [4.69, 9.17) is 4.74 Å².